The van der Waals surface area contributed by atoms with Gasteiger partial charge in [-0.3, -0.25) is 14.4 Å². The summed E-state index contributed by atoms with van der Waals surface area (Å²) < 4.78 is -1.09. The standard InChI is InChI=1S/C14H15N3O4S3/c1-2-24-14(13(20)21)7-17-11(19)10(12(17)23-8-14)16-9(18)6-22-5-3-4-15/h2-3,5,10,12H,1,6-8H2,(H,16,18)(H,20,21)/t10?,12-,14?/m1/s1. The normalized spacial score (nSPS) is 28.6. The lowest BCUT2D eigenvalue weighted by Gasteiger charge is -2.53. The Morgan fingerprint density at radius 3 is 3.00 bits per heavy atom. The van der Waals surface area contributed by atoms with Gasteiger partial charge in [0, 0.05) is 18.4 Å². The van der Waals surface area contributed by atoms with Crippen LogP contribution in [-0.4, -0.2) is 62.0 Å². The molecule has 0 saturated carbocycles. The van der Waals surface area contributed by atoms with Crippen LogP contribution in [0.25, 0.3) is 0 Å². The van der Waals surface area contributed by atoms with Gasteiger partial charge in [0.25, 0.3) is 0 Å². The summed E-state index contributed by atoms with van der Waals surface area (Å²) >= 11 is 3.62. The number of carboxylic acid groups (broad SMARTS) is 1. The Balaban J connectivity index is 1.92. The van der Waals surface area contributed by atoms with Crippen molar-refractivity contribution in [2.24, 2.45) is 0 Å². The Labute approximate surface area is 151 Å². The predicted octanol–water partition coefficient (Wildman–Crippen LogP) is 0.857. The molecule has 0 aromatic carbocycles. The third-order valence-electron chi connectivity index (χ3n) is 3.52. The minimum atomic E-state index is -1.09. The number of β-lactam (4-membered cyclic amide) rings is 1. The number of carboxylic acids is 1. The number of hydrogen-bond donors (Lipinski definition) is 2. The third-order valence-corrected chi connectivity index (χ3v) is 7.06. The molecule has 10 heteroatoms. The number of nitriles is 1. The van der Waals surface area contributed by atoms with E-state index in [0.717, 1.165) is 23.5 Å². The molecule has 2 aliphatic heterocycles. The van der Waals surface area contributed by atoms with Gasteiger partial charge in [-0.15, -0.1) is 35.3 Å². The highest BCUT2D eigenvalue weighted by atomic mass is 32.2. The molecule has 7 nitrogen and oxygen atoms in total. The molecule has 2 heterocycles. The lowest BCUT2D eigenvalue weighted by Crippen LogP contribution is -2.74. The molecule has 2 saturated heterocycles. The van der Waals surface area contributed by atoms with Crippen LogP contribution in [0, 0.1) is 11.3 Å². The van der Waals surface area contributed by atoms with E-state index in [-0.39, 0.29) is 29.5 Å². The molecule has 24 heavy (non-hydrogen) atoms. The maximum Gasteiger partial charge on any atom is 0.322 e. The van der Waals surface area contributed by atoms with E-state index in [4.69, 9.17) is 5.26 Å². The second-order valence-corrected chi connectivity index (χ2v) is 8.39. The van der Waals surface area contributed by atoms with Crippen LogP contribution < -0.4 is 5.32 Å². The molecule has 0 radical (unpaired) electrons. The molecule has 2 fully saturated rings. The van der Waals surface area contributed by atoms with Crippen molar-refractivity contribution < 1.29 is 19.5 Å². The van der Waals surface area contributed by atoms with Crippen molar-refractivity contribution in [1.29, 1.82) is 5.26 Å². The van der Waals surface area contributed by atoms with Crippen LogP contribution in [0.5, 0.6) is 0 Å². The summed E-state index contributed by atoms with van der Waals surface area (Å²) in [5.74, 6) is -1.09. The molecule has 0 aliphatic carbocycles. The highest BCUT2D eigenvalue weighted by Gasteiger charge is 2.57. The number of nitrogens with one attached hydrogen (secondary N) is 1. The van der Waals surface area contributed by atoms with Crippen molar-refractivity contribution in [3.63, 3.8) is 0 Å². The van der Waals surface area contributed by atoms with Crippen LogP contribution in [0.15, 0.2) is 23.5 Å². The number of carbonyl (C=O) groups excluding carboxylic acids is 2. The fourth-order valence-electron chi connectivity index (χ4n) is 2.38. The number of rotatable bonds is 7. The number of fused-ring (bicyclic) bond motifs is 1. The average molecular weight is 385 g/mol. The lowest BCUT2D eigenvalue weighted by molar-refractivity contribution is -0.151. The maximum atomic E-state index is 12.2. The van der Waals surface area contributed by atoms with Crippen molar-refractivity contribution in [1.82, 2.24) is 10.2 Å². The third kappa shape index (κ3) is 3.74. The molecule has 2 unspecified atom stereocenters. The van der Waals surface area contributed by atoms with Crippen LogP contribution in [0.3, 0.4) is 0 Å². The highest BCUT2D eigenvalue weighted by molar-refractivity contribution is 8.06. The van der Waals surface area contributed by atoms with E-state index in [1.165, 1.54) is 33.6 Å². The Bertz CT molecular complexity index is 633. The molecule has 0 spiro atoms. The first kappa shape index (κ1) is 18.8. The number of hydrogen-bond acceptors (Lipinski definition) is 7. The Hall–Kier alpha value is -1.57. The van der Waals surface area contributed by atoms with Crippen LogP contribution >= 0.6 is 35.3 Å². The average Bonchev–Trinajstić information content (AvgIpc) is 2.56. The first-order valence-corrected chi connectivity index (χ1v) is 9.82. The monoisotopic (exact) mass is 385 g/mol. The molecule has 2 amide bonds. The lowest BCUT2D eigenvalue weighted by atomic mass is 10.0. The van der Waals surface area contributed by atoms with Crippen LogP contribution in [0.1, 0.15) is 0 Å². The fraction of sp³-hybridized carbons (Fsp3) is 0.429. The van der Waals surface area contributed by atoms with E-state index in [9.17, 15) is 19.5 Å². The van der Waals surface area contributed by atoms with E-state index < -0.39 is 16.8 Å². The topological polar surface area (TPSA) is 110 Å². The largest absolute Gasteiger partial charge is 0.480 e. The van der Waals surface area contributed by atoms with E-state index in [1.807, 2.05) is 6.07 Å². The van der Waals surface area contributed by atoms with Crippen molar-refractivity contribution in [2.45, 2.75) is 16.2 Å². The Morgan fingerprint density at radius 2 is 2.38 bits per heavy atom. The molecule has 0 aromatic heterocycles. The summed E-state index contributed by atoms with van der Waals surface area (Å²) in [5, 5.41) is 23.2. The second kappa shape index (κ2) is 8.00. The number of nitrogens with zero attached hydrogens (tertiary/aromatic N) is 2. The zero-order chi connectivity index (χ0) is 17.7. The highest BCUT2D eigenvalue weighted by Crippen LogP contribution is 2.44. The zero-order valence-corrected chi connectivity index (χ0v) is 15.0. The van der Waals surface area contributed by atoms with Gasteiger partial charge in [-0.05, 0) is 10.8 Å². The summed E-state index contributed by atoms with van der Waals surface area (Å²) in [7, 11) is 0. The van der Waals surface area contributed by atoms with E-state index in [2.05, 4.69) is 11.9 Å². The predicted molar refractivity (Wildman–Crippen MR) is 95.3 cm³/mol. The van der Waals surface area contributed by atoms with E-state index in [1.54, 1.807) is 0 Å². The number of allylic oxidation sites excluding steroid dienone is 1. The van der Waals surface area contributed by atoms with Crippen molar-refractivity contribution in [2.75, 3.05) is 18.1 Å². The minimum Gasteiger partial charge on any atom is -0.480 e. The van der Waals surface area contributed by atoms with Gasteiger partial charge in [0.1, 0.15) is 16.2 Å². The Kier molecular flexibility index (Phi) is 6.26. The summed E-state index contributed by atoms with van der Waals surface area (Å²) in [6.45, 7) is 3.66. The van der Waals surface area contributed by atoms with Gasteiger partial charge in [-0.1, -0.05) is 6.58 Å². The van der Waals surface area contributed by atoms with Crippen molar-refractivity contribution in [3.05, 3.63) is 23.5 Å². The van der Waals surface area contributed by atoms with Crippen LogP contribution in [-0.2, 0) is 14.4 Å². The second-order valence-electron chi connectivity index (χ2n) is 5.04. The SMILES string of the molecule is C=CSC1(C(=O)O)CS[C@@H]2C(NC(=O)CSC=CC#N)C(=O)N2C1. The molecule has 2 rings (SSSR count). The van der Waals surface area contributed by atoms with Crippen molar-refractivity contribution >= 4 is 53.1 Å². The van der Waals surface area contributed by atoms with Crippen molar-refractivity contribution in [3.8, 4) is 6.07 Å². The number of carbonyl (C=O) groups is 3. The van der Waals surface area contributed by atoms with Gasteiger partial charge in [-0.25, -0.2) is 0 Å². The summed E-state index contributed by atoms with van der Waals surface area (Å²) in [6, 6.07) is 1.20. The molecular weight excluding hydrogens is 370 g/mol. The first-order chi connectivity index (χ1) is 11.4. The molecule has 2 N–H and O–H groups in total. The molecule has 128 valence electrons. The molecule has 0 bridgehead atoms. The van der Waals surface area contributed by atoms with Gasteiger partial charge in [0.2, 0.25) is 11.8 Å². The van der Waals surface area contributed by atoms with Gasteiger partial charge in [0.05, 0.1) is 11.8 Å². The summed E-state index contributed by atoms with van der Waals surface area (Å²) in [6.07, 6.45) is 1.27. The van der Waals surface area contributed by atoms with Gasteiger partial charge in [0.15, 0.2) is 0 Å². The van der Waals surface area contributed by atoms with E-state index in [0.29, 0.717) is 5.75 Å². The zero-order valence-electron chi connectivity index (χ0n) is 12.5. The smallest absolute Gasteiger partial charge is 0.322 e. The number of amides is 2. The van der Waals surface area contributed by atoms with Gasteiger partial charge >= 0.3 is 5.97 Å². The van der Waals surface area contributed by atoms with E-state index >= 15 is 0 Å². The fourth-order valence-corrected chi connectivity index (χ4v) is 5.37. The maximum absolute atomic E-state index is 12.2. The van der Waals surface area contributed by atoms with Crippen LogP contribution in [0.2, 0.25) is 0 Å². The molecule has 0 aromatic rings. The van der Waals surface area contributed by atoms with Gasteiger partial charge < -0.3 is 15.3 Å². The first-order valence-electron chi connectivity index (χ1n) is 6.85. The summed E-state index contributed by atoms with van der Waals surface area (Å²) in [4.78, 5) is 37.1. The quantitative estimate of drug-likeness (QED) is 0.490. The number of thioether (sulfide) groups is 3. The van der Waals surface area contributed by atoms with Gasteiger partial charge in [-0.2, -0.15) is 5.26 Å². The molecular formula is C14H15N3O4S3. The molecule has 2 aliphatic rings. The summed E-state index contributed by atoms with van der Waals surface area (Å²) in [5.41, 5.74) is 0. The molecule has 3 atom stereocenters. The Morgan fingerprint density at radius 1 is 1.62 bits per heavy atom. The minimum absolute atomic E-state index is 0.0988. The number of aliphatic carboxylic acids is 1. The van der Waals surface area contributed by atoms with Crippen LogP contribution in [0.4, 0.5) is 0 Å².